The van der Waals surface area contributed by atoms with E-state index in [1.165, 1.54) is 51.4 Å². The maximum atomic E-state index is 7.07. The highest BCUT2D eigenvalue weighted by Crippen LogP contribution is 2.60. The minimum Gasteiger partial charge on any atom is -0.414 e. The monoisotopic (exact) mass is 464 g/mol. The van der Waals surface area contributed by atoms with Crippen molar-refractivity contribution >= 4 is 8.32 Å². The van der Waals surface area contributed by atoms with E-state index in [2.05, 4.69) is 60.7 Å². The second-order valence-corrected chi connectivity index (χ2v) is 18.1. The molecule has 0 N–H and O–H groups in total. The Kier molecular flexibility index (Phi) is 8.13. The predicted octanol–water partition coefficient (Wildman–Crippen LogP) is 8.11. The van der Waals surface area contributed by atoms with Crippen LogP contribution in [0.1, 0.15) is 99.3 Å². The van der Waals surface area contributed by atoms with Gasteiger partial charge in [-0.2, -0.15) is 0 Å². The third-order valence-electron chi connectivity index (χ3n) is 9.41. The van der Waals surface area contributed by atoms with Crippen LogP contribution in [0.2, 0.25) is 18.1 Å². The van der Waals surface area contributed by atoms with Crippen molar-refractivity contribution in [2.24, 2.45) is 23.2 Å². The molecule has 32 heavy (non-hydrogen) atoms. The average Bonchev–Trinajstić information content (AvgIpc) is 3.45. The van der Waals surface area contributed by atoms with Crippen LogP contribution in [0.25, 0.3) is 0 Å². The molecule has 0 heterocycles. The molecule has 2 fully saturated rings. The summed E-state index contributed by atoms with van der Waals surface area (Å²) < 4.78 is 18.1. The van der Waals surface area contributed by atoms with Crippen molar-refractivity contribution in [1.29, 1.82) is 0 Å². The summed E-state index contributed by atoms with van der Waals surface area (Å²) in [5, 5.41) is 0.282. The van der Waals surface area contributed by atoms with Crippen LogP contribution in [-0.4, -0.2) is 33.9 Å². The number of hydrogen-bond donors (Lipinski definition) is 0. The molecule has 0 spiro atoms. The first-order chi connectivity index (χ1) is 14.8. The van der Waals surface area contributed by atoms with E-state index < -0.39 is 8.32 Å². The zero-order valence-electron chi connectivity index (χ0n) is 22.7. The van der Waals surface area contributed by atoms with E-state index in [9.17, 15) is 0 Å². The molecule has 0 amide bonds. The summed E-state index contributed by atoms with van der Waals surface area (Å²) in [6, 6.07) is 0. The first-order valence-electron chi connectivity index (χ1n) is 13.3. The zero-order valence-corrected chi connectivity index (χ0v) is 23.7. The zero-order chi connectivity index (χ0) is 23.8. The Balaban J connectivity index is 1.67. The van der Waals surface area contributed by atoms with Crippen molar-refractivity contribution < 1.29 is 13.9 Å². The molecule has 0 aliphatic heterocycles. The number of methoxy groups -OCH3 is 1. The molecule has 0 saturated heterocycles. The van der Waals surface area contributed by atoms with E-state index in [0.29, 0.717) is 24.2 Å². The van der Waals surface area contributed by atoms with Crippen LogP contribution < -0.4 is 0 Å². The van der Waals surface area contributed by atoms with Gasteiger partial charge in [0.2, 0.25) is 0 Å². The largest absolute Gasteiger partial charge is 0.414 e. The number of hydrogen-bond acceptors (Lipinski definition) is 3. The van der Waals surface area contributed by atoms with Gasteiger partial charge in [-0.05, 0) is 107 Å². The topological polar surface area (TPSA) is 27.7 Å². The SMILES string of the molecule is COCOC(C)(C)CCC[C@H](C1=CC[C@H]2[C@@H](O[Si](C)(C)C(C)(C)C)CCC[C@]12C)C1CC1. The summed E-state index contributed by atoms with van der Waals surface area (Å²) >= 11 is 0. The molecule has 4 atom stereocenters. The van der Waals surface area contributed by atoms with E-state index in [4.69, 9.17) is 13.9 Å². The second-order valence-electron chi connectivity index (χ2n) is 13.4. The quantitative estimate of drug-likeness (QED) is 0.175. The van der Waals surface area contributed by atoms with Gasteiger partial charge in [0.1, 0.15) is 6.79 Å². The number of fused-ring (bicyclic) bond motifs is 1. The van der Waals surface area contributed by atoms with E-state index in [0.717, 1.165) is 18.3 Å². The molecule has 186 valence electrons. The van der Waals surface area contributed by atoms with Crippen molar-refractivity contribution in [2.75, 3.05) is 13.9 Å². The molecule has 0 aromatic heterocycles. The molecule has 3 rings (SSSR count). The van der Waals surface area contributed by atoms with Gasteiger partial charge in [-0.3, -0.25) is 0 Å². The molecule has 3 aliphatic rings. The van der Waals surface area contributed by atoms with Crippen molar-refractivity contribution in [1.82, 2.24) is 0 Å². The van der Waals surface area contributed by atoms with E-state index >= 15 is 0 Å². The molecule has 4 heteroatoms. The molecule has 0 radical (unpaired) electrons. The third kappa shape index (κ3) is 5.90. The Bertz CT molecular complexity index is 658. The molecule has 2 saturated carbocycles. The minimum absolute atomic E-state index is 0.104. The summed E-state index contributed by atoms with van der Waals surface area (Å²) in [5.74, 6) is 2.37. The molecular weight excluding hydrogens is 412 g/mol. The summed E-state index contributed by atoms with van der Waals surface area (Å²) in [6.45, 7) is 19.4. The van der Waals surface area contributed by atoms with Crippen LogP contribution in [0.3, 0.4) is 0 Å². The fraction of sp³-hybridized carbons (Fsp3) is 0.929. The smallest absolute Gasteiger partial charge is 0.192 e. The molecule has 0 aromatic carbocycles. The van der Waals surface area contributed by atoms with Crippen molar-refractivity contribution in [2.45, 2.75) is 129 Å². The highest BCUT2D eigenvalue weighted by Gasteiger charge is 2.53. The van der Waals surface area contributed by atoms with Crippen LogP contribution in [0.15, 0.2) is 11.6 Å². The van der Waals surface area contributed by atoms with Crippen LogP contribution >= 0.6 is 0 Å². The van der Waals surface area contributed by atoms with Crippen LogP contribution in [0.4, 0.5) is 0 Å². The predicted molar refractivity (Wildman–Crippen MR) is 137 cm³/mol. The summed E-state index contributed by atoms with van der Waals surface area (Å²) in [7, 11) is -0.0407. The van der Waals surface area contributed by atoms with Gasteiger partial charge in [-0.1, -0.05) is 45.8 Å². The normalized spacial score (nSPS) is 30.2. The molecule has 3 aliphatic carbocycles. The first-order valence-corrected chi connectivity index (χ1v) is 16.2. The molecule has 0 bridgehead atoms. The van der Waals surface area contributed by atoms with Gasteiger partial charge >= 0.3 is 0 Å². The lowest BCUT2D eigenvalue weighted by Crippen LogP contribution is -2.49. The minimum atomic E-state index is -1.74. The van der Waals surface area contributed by atoms with E-state index in [-0.39, 0.29) is 10.6 Å². The van der Waals surface area contributed by atoms with Crippen molar-refractivity contribution in [3.05, 3.63) is 11.6 Å². The summed E-state index contributed by atoms with van der Waals surface area (Å²) in [6.07, 6.45) is 14.8. The van der Waals surface area contributed by atoms with Crippen molar-refractivity contribution in [3.63, 3.8) is 0 Å². The van der Waals surface area contributed by atoms with Crippen LogP contribution in [0, 0.1) is 23.2 Å². The Hall–Kier alpha value is -0.163. The summed E-state index contributed by atoms with van der Waals surface area (Å²) in [5.41, 5.74) is 2.05. The van der Waals surface area contributed by atoms with Gasteiger partial charge in [0, 0.05) is 13.2 Å². The Morgan fingerprint density at radius 1 is 1.12 bits per heavy atom. The number of rotatable bonds is 11. The van der Waals surface area contributed by atoms with Crippen LogP contribution in [0.5, 0.6) is 0 Å². The lowest BCUT2D eigenvalue weighted by Gasteiger charge is -2.49. The number of ether oxygens (including phenoxy) is 2. The van der Waals surface area contributed by atoms with Gasteiger partial charge in [0.15, 0.2) is 8.32 Å². The number of allylic oxidation sites excluding steroid dienone is 2. The maximum Gasteiger partial charge on any atom is 0.192 e. The van der Waals surface area contributed by atoms with Crippen LogP contribution in [-0.2, 0) is 13.9 Å². The Morgan fingerprint density at radius 3 is 2.41 bits per heavy atom. The van der Waals surface area contributed by atoms with Gasteiger partial charge < -0.3 is 13.9 Å². The third-order valence-corrected chi connectivity index (χ3v) is 13.9. The van der Waals surface area contributed by atoms with Gasteiger partial charge in [0.05, 0.1) is 5.60 Å². The standard InChI is InChI=1S/C28H52O3Si/c1-26(2,3)32(8,9)31-25-13-11-19-28(6)23(16-17-24(25)28)22(21-14-15-21)12-10-18-27(4,5)30-20-29-7/h16,21-22,24-25H,10-15,17-20H2,1-9H3/t22-,24-,25-,28+/m0/s1. The molecule has 0 aromatic rings. The second kappa shape index (κ2) is 9.83. The highest BCUT2D eigenvalue weighted by molar-refractivity contribution is 6.74. The van der Waals surface area contributed by atoms with E-state index in [1.807, 2.05) is 5.57 Å². The van der Waals surface area contributed by atoms with E-state index in [1.54, 1.807) is 7.11 Å². The molecule has 0 unspecified atom stereocenters. The van der Waals surface area contributed by atoms with Gasteiger partial charge in [-0.25, -0.2) is 0 Å². The maximum absolute atomic E-state index is 7.07. The first kappa shape index (κ1) is 26.4. The van der Waals surface area contributed by atoms with Gasteiger partial charge in [-0.15, -0.1) is 0 Å². The summed E-state index contributed by atoms with van der Waals surface area (Å²) in [4.78, 5) is 0. The Labute approximate surface area is 200 Å². The lowest BCUT2D eigenvalue weighted by atomic mass is 9.62. The fourth-order valence-corrected chi connectivity index (χ4v) is 7.57. The van der Waals surface area contributed by atoms with Gasteiger partial charge in [0.25, 0.3) is 0 Å². The van der Waals surface area contributed by atoms with Crippen molar-refractivity contribution in [3.8, 4) is 0 Å². The Morgan fingerprint density at radius 2 is 1.81 bits per heavy atom. The molecular formula is C28H52O3Si. The fourth-order valence-electron chi connectivity index (χ4n) is 6.18. The lowest BCUT2D eigenvalue weighted by molar-refractivity contribution is -0.118. The molecule has 3 nitrogen and oxygen atoms in total. The average molecular weight is 465 g/mol. The highest BCUT2D eigenvalue weighted by atomic mass is 28.4.